The van der Waals surface area contributed by atoms with E-state index in [2.05, 4.69) is 11.4 Å². The number of carboxylic acid groups (broad SMARTS) is 1. The van der Waals surface area contributed by atoms with Crippen LogP contribution in [0, 0.1) is 17.1 Å². The molecule has 0 unspecified atom stereocenters. The van der Waals surface area contributed by atoms with Crippen molar-refractivity contribution in [2.45, 2.75) is 30.0 Å². The molecule has 2 N–H and O–H groups in total. The second-order valence-corrected chi connectivity index (χ2v) is 10.7. The predicted octanol–water partition coefficient (Wildman–Crippen LogP) is 3.36. The van der Waals surface area contributed by atoms with Crippen LogP contribution in [0.4, 0.5) is 29.2 Å². The molecule has 10 nitrogen and oxygen atoms in total. The fraction of sp³-hybridized carbons (Fsp3) is 0.333. The van der Waals surface area contributed by atoms with Gasteiger partial charge in [-0.15, -0.1) is 0 Å². The zero-order valence-corrected chi connectivity index (χ0v) is 21.0. The van der Waals surface area contributed by atoms with Crippen molar-refractivity contribution in [3.63, 3.8) is 0 Å². The van der Waals surface area contributed by atoms with Gasteiger partial charge in [0.25, 0.3) is 0 Å². The lowest BCUT2D eigenvalue weighted by molar-refractivity contribution is -0.192. The fourth-order valence-corrected chi connectivity index (χ4v) is 5.17. The van der Waals surface area contributed by atoms with E-state index < -0.39 is 28.0 Å². The maximum Gasteiger partial charge on any atom is 0.490 e. The van der Waals surface area contributed by atoms with Crippen molar-refractivity contribution >= 4 is 38.7 Å². The summed E-state index contributed by atoms with van der Waals surface area (Å²) in [5.41, 5.74) is 1.85. The lowest BCUT2D eigenvalue weighted by atomic mass is 10.2. The molecule has 206 valence electrons. The number of alkyl halides is 3. The van der Waals surface area contributed by atoms with Gasteiger partial charge in [-0.25, -0.2) is 27.6 Å². The van der Waals surface area contributed by atoms with Crippen molar-refractivity contribution in [1.29, 1.82) is 5.26 Å². The Hall–Kier alpha value is -4.03. The molecule has 2 fully saturated rings. The van der Waals surface area contributed by atoms with Crippen molar-refractivity contribution in [1.82, 2.24) is 14.3 Å². The monoisotopic (exact) mass is 566 g/mol. The maximum absolute atomic E-state index is 13.2. The third-order valence-corrected chi connectivity index (χ3v) is 7.84. The molecule has 39 heavy (non-hydrogen) atoms. The number of nitrogens with one attached hydrogen (secondary N) is 1. The van der Waals surface area contributed by atoms with Crippen molar-refractivity contribution in [2.75, 3.05) is 36.4 Å². The van der Waals surface area contributed by atoms with E-state index in [9.17, 15) is 31.2 Å². The Kier molecular flexibility index (Phi) is 7.89. The highest BCUT2D eigenvalue weighted by molar-refractivity contribution is 7.89. The number of carbonyl (C=O) groups is 1. The van der Waals surface area contributed by atoms with Crippen LogP contribution in [0.15, 0.2) is 47.4 Å². The number of nitriles is 1. The molecule has 3 aromatic rings. The lowest BCUT2D eigenvalue weighted by Crippen LogP contribution is -2.49. The van der Waals surface area contributed by atoms with E-state index in [1.807, 2.05) is 4.90 Å². The average Bonchev–Trinajstić information content (AvgIpc) is 3.72. The molecule has 0 amide bonds. The minimum Gasteiger partial charge on any atom is -0.475 e. The highest BCUT2D eigenvalue weighted by Gasteiger charge is 2.38. The first-order chi connectivity index (χ1) is 18.4. The summed E-state index contributed by atoms with van der Waals surface area (Å²) in [5, 5.41) is 19.7. The highest BCUT2D eigenvalue weighted by atomic mass is 32.2. The van der Waals surface area contributed by atoms with Gasteiger partial charge < -0.3 is 15.3 Å². The van der Waals surface area contributed by atoms with Crippen LogP contribution in [-0.2, 0) is 14.8 Å². The second kappa shape index (κ2) is 11.0. The number of sulfonamides is 1. The van der Waals surface area contributed by atoms with Gasteiger partial charge in [-0.2, -0.15) is 22.7 Å². The number of fused-ring (bicyclic) bond motifs is 1. The van der Waals surface area contributed by atoms with E-state index in [4.69, 9.17) is 19.9 Å². The number of hydrogen-bond acceptors (Lipinski definition) is 8. The summed E-state index contributed by atoms with van der Waals surface area (Å²) < 4.78 is 72.2. The van der Waals surface area contributed by atoms with Crippen molar-refractivity contribution in [3.05, 3.63) is 53.8 Å². The number of hydrogen-bond donors (Lipinski definition) is 2. The summed E-state index contributed by atoms with van der Waals surface area (Å²) >= 11 is 0. The molecule has 0 spiro atoms. The van der Waals surface area contributed by atoms with E-state index in [0.29, 0.717) is 47.4 Å². The minimum atomic E-state index is -5.08. The van der Waals surface area contributed by atoms with E-state index in [1.54, 1.807) is 18.2 Å². The number of aromatic nitrogens is 2. The summed E-state index contributed by atoms with van der Waals surface area (Å²) in [7, 11) is -3.69. The van der Waals surface area contributed by atoms with Gasteiger partial charge in [0.05, 0.1) is 27.6 Å². The molecule has 2 heterocycles. The molecule has 0 radical (unpaired) electrons. The SMILES string of the molecule is N#Cc1ccc2nc(N3CCN(S(=O)(=O)c4ccc(F)cc4)CC3)c(NC3CC3)nc2c1.O=C(O)C(F)(F)F. The molecule has 5 rings (SSSR count). The number of rotatable bonds is 5. The molecule has 2 aromatic carbocycles. The van der Waals surface area contributed by atoms with Gasteiger partial charge in [0.15, 0.2) is 11.6 Å². The molecule has 1 aliphatic carbocycles. The van der Waals surface area contributed by atoms with Crippen LogP contribution in [0.5, 0.6) is 0 Å². The summed E-state index contributed by atoms with van der Waals surface area (Å²) in [6.07, 6.45) is -2.94. The van der Waals surface area contributed by atoms with Gasteiger partial charge in [0.1, 0.15) is 5.82 Å². The van der Waals surface area contributed by atoms with Gasteiger partial charge in [0.2, 0.25) is 10.0 Å². The Morgan fingerprint density at radius 3 is 2.18 bits per heavy atom. The molecule has 0 bridgehead atoms. The molecule has 0 atom stereocenters. The minimum absolute atomic E-state index is 0.0854. The molecular weight excluding hydrogens is 544 g/mol. The van der Waals surface area contributed by atoms with E-state index >= 15 is 0 Å². The van der Waals surface area contributed by atoms with Gasteiger partial charge in [-0.3, -0.25) is 0 Å². The van der Waals surface area contributed by atoms with Gasteiger partial charge in [-0.1, -0.05) is 0 Å². The predicted molar refractivity (Wildman–Crippen MR) is 132 cm³/mol. The third-order valence-electron chi connectivity index (χ3n) is 5.93. The molecule has 1 saturated heterocycles. The number of anilines is 2. The van der Waals surface area contributed by atoms with Crippen LogP contribution in [0.3, 0.4) is 0 Å². The summed E-state index contributed by atoms with van der Waals surface area (Å²) in [6, 6.07) is 12.6. The first-order valence-electron chi connectivity index (χ1n) is 11.7. The van der Waals surface area contributed by atoms with E-state index in [-0.39, 0.29) is 18.0 Å². The van der Waals surface area contributed by atoms with Crippen LogP contribution >= 0.6 is 0 Å². The first-order valence-corrected chi connectivity index (χ1v) is 13.1. The number of carboxylic acids is 1. The van der Waals surface area contributed by atoms with Crippen LogP contribution in [0.1, 0.15) is 18.4 Å². The quantitative estimate of drug-likeness (QED) is 0.445. The largest absolute Gasteiger partial charge is 0.490 e. The molecule has 1 saturated carbocycles. The smallest absolute Gasteiger partial charge is 0.475 e. The molecule has 2 aliphatic rings. The topological polar surface area (TPSA) is 140 Å². The zero-order valence-electron chi connectivity index (χ0n) is 20.2. The Labute approximate surface area is 220 Å². The zero-order chi connectivity index (χ0) is 28.4. The van der Waals surface area contributed by atoms with E-state index in [0.717, 1.165) is 25.0 Å². The van der Waals surface area contributed by atoms with E-state index in [1.165, 1.54) is 16.4 Å². The standard InChI is InChI=1S/C22H21FN6O2S.C2HF3O2/c23-16-2-6-18(7-3-16)32(30,31)29-11-9-28(10-12-29)22-21(25-17-4-5-17)26-20-13-15(14-24)1-8-19(20)27-22;3-2(4,5)1(6)7/h1-3,6-8,13,17H,4-5,9-12H2,(H,25,26);(H,6,7). The number of halogens is 4. The Morgan fingerprint density at radius 2 is 1.64 bits per heavy atom. The fourth-order valence-electron chi connectivity index (χ4n) is 3.75. The third kappa shape index (κ3) is 6.70. The van der Waals surface area contributed by atoms with Gasteiger partial charge in [-0.05, 0) is 55.3 Å². The van der Waals surface area contributed by atoms with Crippen LogP contribution < -0.4 is 10.2 Å². The molecule has 1 aliphatic heterocycles. The average molecular weight is 567 g/mol. The Bertz CT molecular complexity index is 1510. The van der Waals surface area contributed by atoms with Crippen molar-refractivity contribution in [3.8, 4) is 6.07 Å². The summed E-state index contributed by atoms with van der Waals surface area (Å²) in [6.45, 7) is 1.48. The summed E-state index contributed by atoms with van der Waals surface area (Å²) in [5.74, 6) is -1.88. The Balaban J connectivity index is 0.000000448. The Morgan fingerprint density at radius 1 is 1.03 bits per heavy atom. The van der Waals surface area contributed by atoms with Crippen LogP contribution in [-0.4, -0.2) is 72.2 Å². The second-order valence-electron chi connectivity index (χ2n) is 8.78. The highest BCUT2D eigenvalue weighted by Crippen LogP contribution is 2.32. The number of nitrogens with zero attached hydrogens (tertiary/aromatic N) is 5. The van der Waals surface area contributed by atoms with Crippen LogP contribution in [0.25, 0.3) is 11.0 Å². The van der Waals surface area contributed by atoms with Crippen molar-refractivity contribution < 1.29 is 35.9 Å². The maximum atomic E-state index is 13.2. The first kappa shape index (κ1) is 28.0. The van der Waals surface area contributed by atoms with Gasteiger partial charge in [0, 0.05) is 32.2 Å². The normalized spacial score (nSPS) is 16.2. The molecule has 15 heteroatoms. The number of aliphatic carboxylic acids is 1. The number of piperazine rings is 1. The van der Waals surface area contributed by atoms with Gasteiger partial charge >= 0.3 is 12.1 Å². The van der Waals surface area contributed by atoms with Crippen molar-refractivity contribution in [2.24, 2.45) is 0 Å². The summed E-state index contributed by atoms with van der Waals surface area (Å²) in [4.78, 5) is 20.5. The molecule has 1 aromatic heterocycles. The lowest BCUT2D eigenvalue weighted by Gasteiger charge is -2.35. The van der Waals surface area contributed by atoms with Crippen LogP contribution in [0.2, 0.25) is 0 Å². The molecular formula is C24H22F4N6O4S. The number of benzene rings is 2.